The fourth-order valence-corrected chi connectivity index (χ4v) is 4.47. The van der Waals surface area contributed by atoms with Crippen molar-refractivity contribution in [3.63, 3.8) is 0 Å². The van der Waals surface area contributed by atoms with Gasteiger partial charge in [-0.25, -0.2) is 10.8 Å². The highest BCUT2D eigenvalue weighted by Crippen LogP contribution is 2.25. The minimum atomic E-state index is -0.327. The van der Waals surface area contributed by atoms with Gasteiger partial charge in [0.15, 0.2) is 0 Å². The smallest absolute Gasteiger partial charge is 0.255 e. The van der Waals surface area contributed by atoms with Crippen LogP contribution in [0.4, 0.5) is 17.2 Å². The molecule has 1 aromatic heterocycles. The molecule has 2 aliphatic rings. The summed E-state index contributed by atoms with van der Waals surface area (Å²) in [6.07, 6.45) is 1.88. The van der Waals surface area contributed by atoms with Crippen molar-refractivity contribution in [2.45, 2.75) is 33.0 Å². The van der Waals surface area contributed by atoms with E-state index in [1.54, 1.807) is 49.3 Å². The van der Waals surface area contributed by atoms with Gasteiger partial charge in [-0.2, -0.15) is 0 Å². The topological polar surface area (TPSA) is 196 Å². The first-order valence-corrected chi connectivity index (χ1v) is 12.3. The van der Waals surface area contributed by atoms with Crippen LogP contribution in [0, 0.1) is 10.8 Å². The first kappa shape index (κ1) is 31.0. The van der Waals surface area contributed by atoms with Crippen LogP contribution in [0.15, 0.2) is 61.0 Å². The van der Waals surface area contributed by atoms with Gasteiger partial charge in [0.1, 0.15) is 5.82 Å². The van der Waals surface area contributed by atoms with Gasteiger partial charge in [0.25, 0.3) is 5.91 Å². The molecule has 39 heavy (non-hydrogen) atoms. The number of allylic oxidation sites excluding steroid dienone is 1. The van der Waals surface area contributed by atoms with Crippen molar-refractivity contribution in [1.82, 2.24) is 21.0 Å². The number of guanidine groups is 1. The Labute approximate surface area is 232 Å². The Bertz CT molecular complexity index is 1260. The monoisotopic (exact) mass is 540 g/mol. The van der Waals surface area contributed by atoms with Gasteiger partial charge >= 0.3 is 0 Å². The zero-order valence-corrected chi connectivity index (χ0v) is 23.1. The number of benzene rings is 1. The van der Waals surface area contributed by atoms with E-state index >= 15 is 0 Å². The number of carbonyl (C=O) groups is 1. The first-order chi connectivity index (χ1) is 18.0. The maximum absolute atomic E-state index is 13.0. The van der Waals surface area contributed by atoms with E-state index in [-0.39, 0.29) is 45.3 Å². The SMILES string of the molecule is C=C.CC1=C(C(=O)Nc2ccc(N)c(C(=N)c3ccnc(N4CC(C)O[C@@H](C)C4)c3)c2)CN(N)C(=N)N1C.N.[HH].[HH]. The van der Waals surface area contributed by atoms with Crippen molar-refractivity contribution in [3.05, 3.63) is 72.1 Å². The molecule has 2 atom stereocenters. The zero-order chi connectivity index (χ0) is 28.1. The van der Waals surface area contributed by atoms with Gasteiger partial charge in [0, 0.05) is 57.4 Å². The summed E-state index contributed by atoms with van der Waals surface area (Å²) in [6, 6.07) is 8.73. The van der Waals surface area contributed by atoms with Crippen LogP contribution >= 0.6 is 0 Å². The van der Waals surface area contributed by atoms with E-state index in [0.29, 0.717) is 33.8 Å². The quantitative estimate of drug-likeness (QED) is 0.142. The number of nitrogens with zero attached hydrogens (tertiary/aromatic N) is 4. The Hall–Kier alpha value is -4.26. The fourth-order valence-electron chi connectivity index (χ4n) is 4.47. The van der Waals surface area contributed by atoms with Gasteiger partial charge in [-0.1, -0.05) is 0 Å². The summed E-state index contributed by atoms with van der Waals surface area (Å²) in [6.45, 7) is 13.4. The number of amides is 1. The highest BCUT2D eigenvalue weighted by Gasteiger charge is 2.27. The Morgan fingerprint density at radius 1 is 1.21 bits per heavy atom. The van der Waals surface area contributed by atoms with Crippen molar-refractivity contribution < 1.29 is 12.4 Å². The lowest BCUT2D eigenvalue weighted by Crippen LogP contribution is -2.51. The molecule has 10 N–H and O–H groups in total. The van der Waals surface area contributed by atoms with Crippen molar-refractivity contribution in [1.29, 1.82) is 10.8 Å². The van der Waals surface area contributed by atoms with Crippen LogP contribution in [-0.4, -0.2) is 71.4 Å². The molecule has 1 unspecified atom stereocenters. The standard InChI is InChI=1S/C25H33N9O2.C2H4.H3N.2H2/c1-14-11-33(12-15(2)36-14)22-9-17(7-8-30-22)23(27)19-10-18(5-6-21(19)26)31-24(35)20-13-34(29)25(28)32(4)16(20)3;1-2;;;/h5-10,14-15,27-28H,11-13,26,29H2,1-4H3,(H,31,35);1-2H2;1H3;2*1H/t14-,15?;;;;/m0..../s1. The van der Waals surface area contributed by atoms with Crippen LogP contribution < -0.4 is 27.9 Å². The van der Waals surface area contributed by atoms with Crippen molar-refractivity contribution in [2.24, 2.45) is 5.84 Å². The van der Waals surface area contributed by atoms with Gasteiger partial charge in [0.2, 0.25) is 5.96 Å². The van der Waals surface area contributed by atoms with E-state index in [1.807, 2.05) is 19.9 Å². The number of ether oxygens (including phenoxy) is 1. The third kappa shape index (κ3) is 6.79. The maximum atomic E-state index is 13.0. The minimum absolute atomic E-state index is 0. The van der Waals surface area contributed by atoms with Crippen molar-refractivity contribution in [2.75, 3.05) is 42.6 Å². The summed E-state index contributed by atoms with van der Waals surface area (Å²) < 4.78 is 5.82. The molecule has 2 aliphatic heterocycles. The minimum Gasteiger partial charge on any atom is -0.398 e. The van der Waals surface area contributed by atoms with E-state index < -0.39 is 0 Å². The first-order valence-electron chi connectivity index (χ1n) is 12.3. The van der Waals surface area contributed by atoms with Crippen LogP contribution in [0.2, 0.25) is 0 Å². The molecule has 0 aliphatic carbocycles. The van der Waals surface area contributed by atoms with Crippen LogP contribution in [-0.2, 0) is 9.53 Å². The molecule has 0 radical (unpaired) electrons. The normalized spacial score (nSPS) is 19.1. The van der Waals surface area contributed by atoms with E-state index in [4.69, 9.17) is 27.1 Å². The molecule has 214 valence electrons. The average Bonchev–Trinajstić information content (AvgIpc) is 2.90. The van der Waals surface area contributed by atoms with Gasteiger partial charge in [-0.15, -0.1) is 13.2 Å². The lowest BCUT2D eigenvalue weighted by molar-refractivity contribution is -0.113. The summed E-state index contributed by atoms with van der Waals surface area (Å²) >= 11 is 0. The average molecular weight is 541 g/mol. The van der Waals surface area contributed by atoms with Gasteiger partial charge in [0.05, 0.1) is 30.0 Å². The zero-order valence-electron chi connectivity index (χ0n) is 23.1. The third-order valence-corrected chi connectivity index (χ3v) is 6.49. The number of hydrogen-bond acceptors (Lipinski definition) is 9. The molecule has 12 heteroatoms. The van der Waals surface area contributed by atoms with Crippen LogP contribution in [0.3, 0.4) is 0 Å². The lowest BCUT2D eigenvalue weighted by Gasteiger charge is -2.36. The van der Waals surface area contributed by atoms with Crippen LogP contribution in [0.25, 0.3) is 0 Å². The second-order valence-electron chi connectivity index (χ2n) is 9.27. The second-order valence-corrected chi connectivity index (χ2v) is 9.27. The number of nitrogen functional groups attached to an aromatic ring is 1. The molecule has 1 aromatic carbocycles. The number of rotatable bonds is 5. The Morgan fingerprint density at radius 3 is 2.49 bits per heavy atom. The van der Waals surface area contributed by atoms with Gasteiger partial charge in [-0.3, -0.25) is 20.6 Å². The molecule has 0 spiro atoms. The molecule has 1 saturated heterocycles. The molecule has 3 heterocycles. The van der Waals surface area contributed by atoms with E-state index in [1.165, 1.54) is 5.01 Å². The molecular weight excluding hydrogens is 496 g/mol. The van der Waals surface area contributed by atoms with Crippen molar-refractivity contribution in [3.8, 4) is 0 Å². The maximum Gasteiger partial charge on any atom is 0.255 e. The highest BCUT2D eigenvalue weighted by atomic mass is 16.5. The van der Waals surface area contributed by atoms with Crippen LogP contribution in [0.5, 0.6) is 0 Å². The number of carbonyl (C=O) groups excluding carboxylic acids is 1. The van der Waals surface area contributed by atoms with E-state index in [2.05, 4.69) is 28.4 Å². The summed E-state index contributed by atoms with van der Waals surface area (Å²) in [5.41, 5.74) is 9.68. The number of hydrazine groups is 1. The largest absolute Gasteiger partial charge is 0.398 e. The molecular formula is C27H44N10O2. The number of pyridine rings is 1. The fraction of sp³-hybridized carbons (Fsp3) is 0.333. The predicted molar refractivity (Wildman–Crippen MR) is 161 cm³/mol. The third-order valence-electron chi connectivity index (χ3n) is 6.49. The summed E-state index contributed by atoms with van der Waals surface area (Å²) in [4.78, 5) is 21.3. The molecule has 2 aromatic rings. The highest BCUT2D eigenvalue weighted by molar-refractivity contribution is 6.15. The van der Waals surface area contributed by atoms with Crippen molar-refractivity contribution >= 4 is 34.8 Å². The molecule has 0 bridgehead atoms. The Morgan fingerprint density at radius 2 is 1.85 bits per heavy atom. The van der Waals surface area contributed by atoms with Crippen LogP contribution in [0.1, 0.15) is 34.8 Å². The number of nitrogens with two attached hydrogens (primary N) is 2. The Balaban J connectivity index is 0.00000313. The molecule has 12 nitrogen and oxygen atoms in total. The van der Waals surface area contributed by atoms with Gasteiger partial charge in [-0.05, 0) is 51.1 Å². The van der Waals surface area contributed by atoms with E-state index in [0.717, 1.165) is 18.9 Å². The summed E-state index contributed by atoms with van der Waals surface area (Å²) in [5.74, 6) is 6.44. The van der Waals surface area contributed by atoms with E-state index in [9.17, 15) is 4.79 Å². The number of nitrogens with one attached hydrogen (secondary N) is 3. The molecule has 4 rings (SSSR count). The summed E-state index contributed by atoms with van der Waals surface area (Å²) in [5, 5.41) is 20.9. The lowest BCUT2D eigenvalue weighted by atomic mass is 10.0. The predicted octanol–water partition coefficient (Wildman–Crippen LogP) is 3.42. The molecule has 1 amide bonds. The Kier molecular flexibility index (Phi) is 10.3. The summed E-state index contributed by atoms with van der Waals surface area (Å²) in [7, 11) is 1.69. The number of anilines is 3. The second kappa shape index (κ2) is 13.0. The number of aromatic nitrogens is 1. The number of hydrogen-bond donors (Lipinski definition) is 6. The molecule has 1 fully saturated rings. The number of morpholine rings is 1. The van der Waals surface area contributed by atoms with Gasteiger partial charge < -0.3 is 31.7 Å². The molecule has 0 saturated carbocycles.